The van der Waals surface area contributed by atoms with Crippen LogP contribution in [0.3, 0.4) is 0 Å². The number of methoxy groups -OCH3 is 1. The molecule has 2 saturated heterocycles. The zero-order valence-corrected chi connectivity index (χ0v) is 31.4. The van der Waals surface area contributed by atoms with Gasteiger partial charge in [-0.3, -0.25) is 4.79 Å². The van der Waals surface area contributed by atoms with Crippen molar-refractivity contribution in [1.29, 1.82) is 0 Å². The Balaban J connectivity index is 1.04. The molecule has 0 spiro atoms. The Morgan fingerprint density at radius 1 is 0.962 bits per heavy atom. The van der Waals surface area contributed by atoms with E-state index in [1.165, 1.54) is 14.0 Å². The average Bonchev–Trinajstić information content (AvgIpc) is 3.65. The van der Waals surface area contributed by atoms with Gasteiger partial charge in [-0.2, -0.15) is 0 Å². The van der Waals surface area contributed by atoms with Crippen LogP contribution in [0.1, 0.15) is 79.1 Å². The molecular formula is C39H58O14. The molecule has 298 valence electrons. The first-order valence-electron chi connectivity index (χ1n) is 19.3. The van der Waals surface area contributed by atoms with E-state index in [-0.39, 0.29) is 29.3 Å². The zero-order chi connectivity index (χ0) is 38.2. The van der Waals surface area contributed by atoms with Crippen LogP contribution >= 0.6 is 0 Å². The molecule has 4 aliphatic carbocycles. The Labute approximate surface area is 310 Å². The Morgan fingerprint density at radius 2 is 1.72 bits per heavy atom. The standard InChI is InChI=1S/C39H58O14/c1-18-24(21-13-28(42)48-17-21)10-12-39(46)25-8-7-22-14-23(9-11-37(22,4)26(25)15-38(18,39)5)51-36-34(50-20(3)41)33(47-6)32(19(2)49-36)53-35-31(45)30(44)29(43)27(16-40)52-35/h13,19,22-27,29-36,40,43-46H,1,7-12,14-17H2,2-6H3/t19-,22+,23-,24-,25+,26-,27+,29+,30-,31+,32-,33+,34-,35-,36-,37-,38+,39-/m0/s1. The zero-order valence-electron chi connectivity index (χ0n) is 31.4. The lowest BCUT2D eigenvalue weighted by Gasteiger charge is -2.56. The summed E-state index contributed by atoms with van der Waals surface area (Å²) in [7, 11) is 1.44. The van der Waals surface area contributed by atoms with Gasteiger partial charge in [0.2, 0.25) is 0 Å². The molecule has 5 N–H and O–H groups in total. The highest BCUT2D eigenvalue weighted by atomic mass is 16.8. The third kappa shape index (κ3) is 6.42. The van der Waals surface area contributed by atoms with Gasteiger partial charge in [0, 0.05) is 31.4 Å². The van der Waals surface area contributed by atoms with Gasteiger partial charge >= 0.3 is 11.9 Å². The van der Waals surface area contributed by atoms with Gasteiger partial charge in [0.05, 0.1) is 24.4 Å². The molecule has 0 aromatic carbocycles. The highest BCUT2D eigenvalue weighted by Crippen LogP contribution is 2.71. The number of rotatable bonds is 8. The lowest BCUT2D eigenvalue weighted by Crippen LogP contribution is -2.65. The fourth-order valence-corrected chi connectivity index (χ4v) is 11.6. The molecule has 14 heteroatoms. The van der Waals surface area contributed by atoms with E-state index in [1.54, 1.807) is 13.0 Å². The highest BCUT2D eigenvalue weighted by Gasteiger charge is 2.69. The van der Waals surface area contributed by atoms with E-state index in [0.717, 1.165) is 56.1 Å². The molecule has 4 saturated carbocycles. The fraction of sp³-hybridized carbons (Fsp3) is 0.846. The molecule has 7 rings (SSSR count). The first-order valence-corrected chi connectivity index (χ1v) is 19.3. The lowest BCUT2D eigenvalue weighted by molar-refractivity contribution is -0.362. The van der Waals surface area contributed by atoms with Crippen molar-refractivity contribution in [3.8, 4) is 0 Å². The summed E-state index contributed by atoms with van der Waals surface area (Å²) < 4.78 is 41.5. The Morgan fingerprint density at radius 3 is 2.38 bits per heavy atom. The third-order valence-electron chi connectivity index (χ3n) is 14.7. The quantitative estimate of drug-likeness (QED) is 0.136. The summed E-state index contributed by atoms with van der Waals surface area (Å²) in [6.45, 7) is 11.8. The van der Waals surface area contributed by atoms with Crippen LogP contribution in [-0.4, -0.2) is 131 Å². The van der Waals surface area contributed by atoms with Gasteiger partial charge in [-0.15, -0.1) is 0 Å². The van der Waals surface area contributed by atoms with E-state index in [1.807, 2.05) is 0 Å². The normalized spacial score (nSPS) is 51.1. The topological polar surface area (TPSA) is 200 Å². The lowest BCUT2D eigenvalue weighted by atomic mass is 9.51. The molecule has 3 aliphatic heterocycles. The maximum atomic E-state index is 12.5. The van der Waals surface area contributed by atoms with Gasteiger partial charge < -0.3 is 58.7 Å². The molecule has 7 aliphatic rings. The maximum Gasteiger partial charge on any atom is 0.331 e. The number of cyclic esters (lactones) is 1. The molecule has 18 atom stereocenters. The second kappa shape index (κ2) is 14.5. The number of hydrogen-bond acceptors (Lipinski definition) is 14. The number of esters is 2. The Bertz CT molecular complexity index is 1450. The molecule has 53 heavy (non-hydrogen) atoms. The van der Waals surface area contributed by atoms with Gasteiger partial charge in [-0.1, -0.05) is 26.0 Å². The van der Waals surface area contributed by atoms with E-state index in [9.17, 15) is 35.1 Å². The van der Waals surface area contributed by atoms with E-state index in [2.05, 4.69) is 20.4 Å². The number of ether oxygens (including phenoxy) is 7. The second-order valence-corrected chi connectivity index (χ2v) is 17.2. The number of fused-ring (bicyclic) bond motifs is 5. The molecule has 0 bridgehead atoms. The molecule has 0 unspecified atom stereocenters. The molecule has 0 aromatic rings. The minimum Gasteiger partial charge on any atom is -0.458 e. The fourth-order valence-electron chi connectivity index (χ4n) is 11.6. The van der Waals surface area contributed by atoms with Crippen molar-refractivity contribution >= 4 is 11.9 Å². The van der Waals surface area contributed by atoms with Crippen LogP contribution in [0.5, 0.6) is 0 Å². The first kappa shape index (κ1) is 39.3. The van der Waals surface area contributed by atoms with Crippen LogP contribution in [0.15, 0.2) is 23.8 Å². The first-order chi connectivity index (χ1) is 25.1. The van der Waals surface area contributed by atoms with Crippen molar-refractivity contribution in [1.82, 2.24) is 0 Å². The number of aliphatic hydroxyl groups excluding tert-OH is 4. The summed E-state index contributed by atoms with van der Waals surface area (Å²) in [5.41, 5.74) is 0.618. The molecule has 0 aromatic heterocycles. The van der Waals surface area contributed by atoms with Crippen LogP contribution in [0.25, 0.3) is 0 Å². The van der Waals surface area contributed by atoms with Crippen molar-refractivity contribution in [2.75, 3.05) is 20.3 Å². The van der Waals surface area contributed by atoms with Crippen molar-refractivity contribution < 1.29 is 68.3 Å². The predicted molar refractivity (Wildman–Crippen MR) is 184 cm³/mol. The van der Waals surface area contributed by atoms with E-state index < -0.39 is 85.0 Å². The summed E-state index contributed by atoms with van der Waals surface area (Å²) in [5, 5.41) is 53.4. The average molecular weight is 751 g/mol. The Kier molecular flexibility index (Phi) is 10.7. The number of hydrogen-bond donors (Lipinski definition) is 5. The third-order valence-corrected chi connectivity index (χ3v) is 14.7. The SMILES string of the molecule is C=C1[C@@H](C2=CC(=O)OC2)CC[C@]2(O)[C@@H]3CC[C@@H]4C[C@@H](O[C@@H]5O[C@@H](C)[C@H](O[C@@H]6O[C@H](CO)[C@@H](O)[C@H](O)[C@H]6O)[C@@H](OC)[C@@H]5OC(C)=O)CC[C@]4(C)[C@H]3C[C@]12C. The molecule has 0 amide bonds. The predicted octanol–water partition coefficient (Wildman–Crippen LogP) is 1.67. The van der Waals surface area contributed by atoms with Crippen molar-refractivity contribution in [3.63, 3.8) is 0 Å². The summed E-state index contributed by atoms with van der Waals surface area (Å²) in [4.78, 5) is 24.3. The minimum absolute atomic E-state index is 0.0285. The van der Waals surface area contributed by atoms with Crippen LogP contribution < -0.4 is 0 Å². The largest absolute Gasteiger partial charge is 0.458 e. The second-order valence-electron chi connectivity index (χ2n) is 17.2. The van der Waals surface area contributed by atoms with Crippen LogP contribution in [0.2, 0.25) is 0 Å². The Hall–Kier alpha value is -1.98. The molecular weight excluding hydrogens is 692 g/mol. The van der Waals surface area contributed by atoms with E-state index >= 15 is 0 Å². The minimum atomic E-state index is -1.64. The van der Waals surface area contributed by atoms with Crippen LogP contribution in [0.4, 0.5) is 0 Å². The summed E-state index contributed by atoms with van der Waals surface area (Å²) in [6.07, 6.45) is -4.13. The highest BCUT2D eigenvalue weighted by molar-refractivity contribution is 5.85. The van der Waals surface area contributed by atoms with Crippen molar-refractivity contribution in [2.45, 2.75) is 152 Å². The van der Waals surface area contributed by atoms with Crippen LogP contribution in [-0.2, 0) is 42.7 Å². The van der Waals surface area contributed by atoms with Gasteiger partial charge in [-0.05, 0) is 87.0 Å². The monoisotopic (exact) mass is 750 g/mol. The number of carbonyl (C=O) groups is 2. The van der Waals surface area contributed by atoms with Gasteiger partial charge in [0.15, 0.2) is 18.7 Å². The summed E-state index contributed by atoms with van der Waals surface area (Å²) >= 11 is 0. The van der Waals surface area contributed by atoms with E-state index in [0.29, 0.717) is 24.9 Å². The molecule has 0 radical (unpaired) electrons. The number of aliphatic hydroxyl groups is 5. The van der Waals surface area contributed by atoms with Crippen LogP contribution in [0, 0.1) is 34.5 Å². The molecule has 14 nitrogen and oxygen atoms in total. The van der Waals surface area contributed by atoms with Gasteiger partial charge in [0.25, 0.3) is 0 Å². The number of carbonyl (C=O) groups excluding carboxylic acids is 2. The summed E-state index contributed by atoms with van der Waals surface area (Å²) in [6, 6.07) is 0. The van der Waals surface area contributed by atoms with E-state index in [4.69, 9.17) is 33.2 Å². The van der Waals surface area contributed by atoms with Gasteiger partial charge in [-0.25, -0.2) is 4.79 Å². The van der Waals surface area contributed by atoms with Crippen molar-refractivity contribution in [3.05, 3.63) is 23.8 Å². The summed E-state index contributed by atoms with van der Waals surface area (Å²) in [5.74, 6) is -0.0814. The maximum absolute atomic E-state index is 12.5. The molecule has 6 fully saturated rings. The van der Waals surface area contributed by atoms with Gasteiger partial charge in [0.1, 0.15) is 43.2 Å². The smallest absolute Gasteiger partial charge is 0.331 e. The molecule has 3 heterocycles. The van der Waals surface area contributed by atoms with Crippen molar-refractivity contribution in [2.24, 2.45) is 34.5 Å².